The summed E-state index contributed by atoms with van der Waals surface area (Å²) in [5.74, 6) is -0.290. The first-order valence-electron chi connectivity index (χ1n) is 9.65. The highest BCUT2D eigenvalue weighted by atomic mass is 32.1. The maximum Gasteiger partial charge on any atom is 0.279 e. The Hall–Kier alpha value is -3.00. The lowest BCUT2D eigenvalue weighted by Gasteiger charge is -2.25. The summed E-state index contributed by atoms with van der Waals surface area (Å²) >= 11 is 1.43. The van der Waals surface area contributed by atoms with Gasteiger partial charge in [0.25, 0.3) is 5.69 Å². The van der Waals surface area contributed by atoms with Crippen LogP contribution in [0.15, 0.2) is 41.9 Å². The van der Waals surface area contributed by atoms with Gasteiger partial charge in [-0.1, -0.05) is 25.3 Å². The molecule has 1 aliphatic rings. The van der Waals surface area contributed by atoms with Crippen LogP contribution in [0.5, 0.6) is 5.75 Å². The summed E-state index contributed by atoms with van der Waals surface area (Å²) in [6, 6.07) is 7.54. The molecule has 29 heavy (non-hydrogen) atoms. The van der Waals surface area contributed by atoms with Crippen molar-refractivity contribution < 1.29 is 14.8 Å². The summed E-state index contributed by atoms with van der Waals surface area (Å²) in [5.41, 5.74) is 0.300. The minimum absolute atomic E-state index is 0.0677. The average Bonchev–Trinajstić information content (AvgIpc) is 3.28. The minimum Gasteiger partial charge on any atom is -0.505 e. The molecular weight excluding hydrogens is 390 g/mol. The average molecular weight is 411 g/mol. The van der Waals surface area contributed by atoms with Crippen LogP contribution in [0.2, 0.25) is 0 Å². The van der Waals surface area contributed by atoms with Gasteiger partial charge >= 0.3 is 0 Å². The lowest BCUT2D eigenvalue weighted by atomic mass is 9.88. The van der Waals surface area contributed by atoms with Gasteiger partial charge in [-0.25, -0.2) is 0 Å². The number of pyridine rings is 1. The zero-order chi connectivity index (χ0) is 20.4. The second-order valence-corrected chi connectivity index (χ2v) is 8.26. The predicted molar refractivity (Wildman–Crippen MR) is 111 cm³/mol. The molecule has 1 amide bonds. The number of rotatable bonds is 5. The van der Waals surface area contributed by atoms with E-state index in [9.17, 15) is 20.0 Å². The first-order valence-corrected chi connectivity index (χ1v) is 10.5. The Balaban J connectivity index is 1.80. The molecule has 4 rings (SSSR count). The number of carbonyl (C=O) groups excluding carboxylic acids is 1. The Morgan fingerprint density at radius 3 is 2.76 bits per heavy atom. The number of phenols is 1. The fourth-order valence-electron chi connectivity index (χ4n) is 3.98. The maximum atomic E-state index is 12.9. The van der Waals surface area contributed by atoms with Gasteiger partial charge in [0.1, 0.15) is 11.3 Å². The van der Waals surface area contributed by atoms with Crippen LogP contribution in [0.3, 0.4) is 0 Å². The molecule has 0 saturated heterocycles. The quantitative estimate of drug-likeness (QED) is 0.468. The molecule has 0 spiro atoms. The van der Waals surface area contributed by atoms with Gasteiger partial charge in [-0.15, -0.1) is 11.3 Å². The normalized spacial score (nSPS) is 15.9. The van der Waals surface area contributed by atoms with Gasteiger partial charge in [0.05, 0.1) is 16.4 Å². The molecule has 0 aliphatic heterocycles. The number of thiophene rings is 1. The Labute approximate surface area is 171 Å². The van der Waals surface area contributed by atoms with E-state index >= 15 is 0 Å². The second-order valence-electron chi connectivity index (χ2n) is 7.28. The molecule has 7 nitrogen and oxygen atoms in total. The molecule has 150 valence electrons. The van der Waals surface area contributed by atoms with Gasteiger partial charge < -0.3 is 10.4 Å². The molecule has 1 atom stereocenters. The molecule has 1 aromatic carbocycles. The first kappa shape index (κ1) is 19.3. The van der Waals surface area contributed by atoms with Crippen molar-refractivity contribution in [2.75, 3.05) is 0 Å². The summed E-state index contributed by atoms with van der Waals surface area (Å²) in [4.78, 5) is 29.1. The van der Waals surface area contributed by atoms with Gasteiger partial charge in [0, 0.05) is 28.6 Å². The summed E-state index contributed by atoms with van der Waals surface area (Å²) in [6.07, 6.45) is 6.36. The van der Waals surface area contributed by atoms with E-state index in [1.807, 2.05) is 17.5 Å². The number of phenolic OH excluding ortho intramolecular Hbond substituents is 1. The third-order valence-corrected chi connectivity index (χ3v) is 6.41. The standard InChI is InChI=1S/C21H21N3O4S/c25-20-15(12-16(24(27)28)14-8-4-10-22-19(14)20)18(17-9-5-11-29-17)23-21(26)13-6-2-1-3-7-13/h4-5,8-13,18,25H,1-3,6-7H2,(H,23,26)/t18-/m0/s1. The third-order valence-electron chi connectivity index (χ3n) is 5.47. The summed E-state index contributed by atoms with van der Waals surface area (Å²) in [7, 11) is 0. The van der Waals surface area contributed by atoms with Crippen molar-refractivity contribution in [1.82, 2.24) is 10.3 Å². The molecule has 0 bridgehead atoms. The molecule has 2 aromatic heterocycles. The maximum absolute atomic E-state index is 12.9. The van der Waals surface area contributed by atoms with E-state index < -0.39 is 11.0 Å². The van der Waals surface area contributed by atoms with E-state index in [2.05, 4.69) is 10.3 Å². The Morgan fingerprint density at radius 1 is 1.28 bits per heavy atom. The van der Waals surface area contributed by atoms with Crippen LogP contribution >= 0.6 is 11.3 Å². The van der Waals surface area contributed by atoms with Crippen molar-refractivity contribution >= 4 is 33.8 Å². The number of nitrogens with zero attached hydrogens (tertiary/aromatic N) is 2. The number of benzene rings is 1. The van der Waals surface area contributed by atoms with Crippen LogP contribution in [-0.2, 0) is 4.79 Å². The van der Waals surface area contributed by atoms with E-state index in [0.29, 0.717) is 0 Å². The number of aromatic nitrogens is 1. The number of amides is 1. The third kappa shape index (κ3) is 3.80. The Kier molecular flexibility index (Phi) is 5.44. The van der Waals surface area contributed by atoms with Gasteiger partial charge in [0.15, 0.2) is 0 Å². The lowest BCUT2D eigenvalue weighted by molar-refractivity contribution is -0.383. The second kappa shape index (κ2) is 8.16. The molecule has 2 N–H and O–H groups in total. The van der Waals surface area contributed by atoms with Crippen LogP contribution < -0.4 is 5.32 Å². The number of hydrogen-bond acceptors (Lipinski definition) is 6. The molecule has 0 radical (unpaired) electrons. The van der Waals surface area contributed by atoms with Crippen molar-refractivity contribution in [3.63, 3.8) is 0 Å². The van der Waals surface area contributed by atoms with Crippen LogP contribution in [-0.4, -0.2) is 20.9 Å². The molecule has 1 aliphatic carbocycles. The number of non-ortho nitro benzene ring substituents is 1. The fraction of sp³-hybridized carbons (Fsp3) is 0.333. The summed E-state index contributed by atoms with van der Waals surface area (Å²) in [6.45, 7) is 0. The number of nitrogens with one attached hydrogen (secondary N) is 1. The Bertz CT molecular complexity index is 1050. The summed E-state index contributed by atoms with van der Waals surface area (Å²) < 4.78 is 0. The number of nitro benzene ring substituents is 1. The highest BCUT2D eigenvalue weighted by Gasteiger charge is 2.30. The van der Waals surface area contributed by atoms with E-state index in [-0.39, 0.29) is 39.7 Å². The monoisotopic (exact) mass is 411 g/mol. The number of carbonyl (C=O) groups is 1. The highest BCUT2D eigenvalue weighted by molar-refractivity contribution is 7.10. The SMILES string of the molecule is O=C(N[C@H](c1cccs1)c1cc([N+](=O)[O-])c2cccnc2c1O)C1CCCCC1. The van der Waals surface area contributed by atoms with Crippen molar-refractivity contribution in [3.8, 4) is 5.75 Å². The van der Waals surface area contributed by atoms with Crippen molar-refractivity contribution in [1.29, 1.82) is 0 Å². The zero-order valence-electron chi connectivity index (χ0n) is 15.7. The molecule has 1 fully saturated rings. The molecule has 8 heteroatoms. The van der Waals surface area contributed by atoms with Crippen LogP contribution in [0.1, 0.15) is 48.6 Å². The molecule has 3 aromatic rings. The zero-order valence-corrected chi connectivity index (χ0v) is 16.5. The first-order chi connectivity index (χ1) is 14.1. The number of nitro groups is 1. The molecule has 1 saturated carbocycles. The largest absolute Gasteiger partial charge is 0.505 e. The van der Waals surface area contributed by atoms with Crippen molar-refractivity contribution in [3.05, 3.63) is 62.5 Å². The van der Waals surface area contributed by atoms with Crippen LogP contribution in [0, 0.1) is 16.0 Å². The lowest BCUT2D eigenvalue weighted by Crippen LogP contribution is -2.35. The topological polar surface area (TPSA) is 105 Å². The number of fused-ring (bicyclic) bond motifs is 1. The van der Waals surface area contributed by atoms with E-state index in [1.165, 1.54) is 23.6 Å². The van der Waals surface area contributed by atoms with Gasteiger partial charge in [-0.3, -0.25) is 19.9 Å². The molecule has 2 heterocycles. The highest BCUT2D eigenvalue weighted by Crippen LogP contribution is 2.40. The molecule has 0 unspecified atom stereocenters. The summed E-state index contributed by atoms with van der Waals surface area (Å²) in [5, 5.41) is 27.8. The predicted octanol–water partition coefficient (Wildman–Crippen LogP) is 4.70. The van der Waals surface area contributed by atoms with Crippen molar-refractivity contribution in [2.24, 2.45) is 5.92 Å². The van der Waals surface area contributed by atoms with E-state index in [4.69, 9.17) is 0 Å². The van der Waals surface area contributed by atoms with Gasteiger partial charge in [-0.05, 0) is 36.4 Å². The van der Waals surface area contributed by atoms with Gasteiger partial charge in [-0.2, -0.15) is 0 Å². The smallest absolute Gasteiger partial charge is 0.279 e. The van der Waals surface area contributed by atoms with Gasteiger partial charge in [0.2, 0.25) is 5.91 Å². The number of hydrogen-bond donors (Lipinski definition) is 2. The van der Waals surface area contributed by atoms with E-state index in [0.717, 1.165) is 37.0 Å². The number of aromatic hydroxyl groups is 1. The Morgan fingerprint density at radius 2 is 2.07 bits per heavy atom. The van der Waals surface area contributed by atoms with E-state index in [1.54, 1.807) is 12.1 Å². The molecular formula is C21H21N3O4S. The fourth-order valence-corrected chi connectivity index (χ4v) is 4.78. The van der Waals surface area contributed by atoms with Crippen LogP contribution in [0.25, 0.3) is 10.9 Å². The minimum atomic E-state index is -0.672. The van der Waals surface area contributed by atoms with Crippen molar-refractivity contribution in [2.45, 2.75) is 38.1 Å². The van der Waals surface area contributed by atoms with Crippen LogP contribution in [0.4, 0.5) is 5.69 Å².